The van der Waals surface area contributed by atoms with E-state index in [2.05, 4.69) is 20.3 Å². The molecule has 2 heterocycles. The molecule has 4 nitrogen and oxygen atoms in total. The van der Waals surface area contributed by atoms with Crippen LogP contribution in [-0.4, -0.2) is 15.0 Å². The maximum atomic E-state index is 4.47. The lowest BCUT2D eigenvalue weighted by Crippen LogP contribution is -1.98. The van der Waals surface area contributed by atoms with Gasteiger partial charge >= 0.3 is 0 Å². The highest BCUT2D eigenvalue weighted by molar-refractivity contribution is 5.65. The van der Waals surface area contributed by atoms with Crippen LogP contribution in [0.25, 0.3) is 11.3 Å². The van der Waals surface area contributed by atoms with Gasteiger partial charge in [0.2, 0.25) is 0 Å². The third-order valence-electron chi connectivity index (χ3n) is 2.86. The molecule has 3 rings (SSSR count). The Morgan fingerprint density at radius 2 is 1.65 bits per heavy atom. The molecule has 0 bridgehead atoms. The van der Waals surface area contributed by atoms with Gasteiger partial charge in [-0.3, -0.25) is 4.98 Å². The summed E-state index contributed by atoms with van der Waals surface area (Å²) in [5, 5.41) is 3.29. The number of nitrogens with zero attached hydrogens (tertiary/aromatic N) is 3. The van der Waals surface area contributed by atoms with Crippen molar-refractivity contribution in [3.8, 4) is 11.3 Å². The Morgan fingerprint density at radius 1 is 0.900 bits per heavy atom. The molecule has 1 aromatic carbocycles. The summed E-state index contributed by atoms with van der Waals surface area (Å²) < 4.78 is 0. The number of benzene rings is 1. The SMILES string of the molecule is Cc1nc(Nc2ccccc2)cc(-c2ccncc2)n1. The molecule has 0 aliphatic heterocycles. The van der Waals surface area contributed by atoms with Crippen molar-refractivity contribution in [1.29, 1.82) is 0 Å². The number of hydrogen-bond donors (Lipinski definition) is 1. The Labute approximate surface area is 117 Å². The summed E-state index contributed by atoms with van der Waals surface area (Å²) in [5.41, 5.74) is 2.92. The van der Waals surface area contributed by atoms with Crippen molar-refractivity contribution in [2.75, 3.05) is 5.32 Å². The molecular weight excluding hydrogens is 248 g/mol. The van der Waals surface area contributed by atoms with Crippen LogP contribution < -0.4 is 5.32 Å². The smallest absolute Gasteiger partial charge is 0.134 e. The Morgan fingerprint density at radius 3 is 2.40 bits per heavy atom. The van der Waals surface area contributed by atoms with E-state index in [0.717, 1.165) is 28.6 Å². The second-order valence-corrected chi connectivity index (χ2v) is 4.41. The molecule has 20 heavy (non-hydrogen) atoms. The molecular formula is C16H14N4. The zero-order valence-electron chi connectivity index (χ0n) is 11.1. The van der Waals surface area contributed by atoms with Gasteiger partial charge in [-0.1, -0.05) is 18.2 Å². The summed E-state index contributed by atoms with van der Waals surface area (Å²) >= 11 is 0. The molecule has 3 aromatic rings. The van der Waals surface area contributed by atoms with Crippen molar-refractivity contribution < 1.29 is 0 Å². The maximum absolute atomic E-state index is 4.47. The molecule has 2 aromatic heterocycles. The van der Waals surface area contributed by atoms with Crippen LogP contribution in [0.1, 0.15) is 5.82 Å². The first-order chi connectivity index (χ1) is 9.81. The minimum atomic E-state index is 0.734. The van der Waals surface area contributed by atoms with Gasteiger partial charge in [0.15, 0.2) is 0 Å². The number of pyridine rings is 1. The molecule has 0 aliphatic carbocycles. The van der Waals surface area contributed by atoms with E-state index >= 15 is 0 Å². The molecule has 0 unspecified atom stereocenters. The van der Waals surface area contributed by atoms with Gasteiger partial charge in [-0.2, -0.15) is 0 Å². The third-order valence-corrected chi connectivity index (χ3v) is 2.86. The monoisotopic (exact) mass is 262 g/mol. The van der Waals surface area contributed by atoms with Gasteiger partial charge in [-0.15, -0.1) is 0 Å². The quantitative estimate of drug-likeness (QED) is 0.783. The van der Waals surface area contributed by atoms with E-state index in [4.69, 9.17) is 0 Å². The van der Waals surface area contributed by atoms with Crippen molar-refractivity contribution in [3.63, 3.8) is 0 Å². The largest absolute Gasteiger partial charge is 0.340 e. The van der Waals surface area contributed by atoms with Crippen molar-refractivity contribution >= 4 is 11.5 Å². The van der Waals surface area contributed by atoms with Crippen molar-refractivity contribution in [2.24, 2.45) is 0 Å². The Hall–Kier alpha value is -2.75. The van der Waals surface area contributed by atoms with E-state index in [-0.39, 0.29) is 0 Å². The summed E-state index contributed by atoms with van der Waals surface area (Å²) in [4.78, 5) is 12.9. The number of hydrogen-bond acceptors (Lipinski definition) is 4. The van der Waals surface area contributed by atoms with Crippen LogP contribution >= 0.6 is 0 Å². The zero-order valence-corrected chi connectivity index (χ0v) is 11.1. The third kappa shape index (κ3) is 2.80. The Balaban J connectivity index is 1.95. The molecule has 0 aliphatic rings. The Kier molecular flexibility index (Phi) is 3.37. The number of aryl methyl sites for hydroxylation is 1. The molecule has 1 N–H and O–H groups in total. The molecule has 0 spiro atoms. The second kappa shape index (κ2) is 5.48. The van der Waals surface area contributed by atoms with E-state index in [1.165, 1.54) is 0 Å². The summed E-state index contributed by atoms with van der Waals surface area (Å²) in [6, 6.07) is 15.8. The fourth-order valence-electron chi connectivity index (χ4n) is 1.97. The summed E-state index contributed by atoms with van der Waals surface area (Å²) in [6.07, 6.45) is 3.52. The zero-order chi connectivity index (χ0) is 13.8. The van der Waals surface area contributed by atoms with Crippen molar-refractivity contribution in [3.05, 3.63) is 66.7 Å². The number of anilines is 2. The highest BCUT2D eigenvalue weighted by atomic mass is 15.0. The fourth-order valence-corrected chi connectivity index (χ4v) is 1.97. The summed E-state index contributed by atoms with van der Waals surface area (Å²) in [6.45, 7) is 1.89. The average molecular weight is 262 g/mol. The molecule has 0 saturated carbocycles. The lowest BCUT2D eigenvalue weighted by Gasteiger charge is -2.08. The first kappa shape index (κ1) is 12.3. The minimum absolute atomic E-state index is 0.734. The topological polar surface area (TPSA) is 50.7 Å². The van der Waals surface area contributed by atoms with E-state index in [0.29, 0.717) is 0 Å². The van der Waals surface area contributed by atoms with E-state index in [9.17, 15) is 0 Å². The maximum Gasteiger partial charge on any atom is 0.134 e. The van der Waals surface area contributed by atoms with Crippen molar-refractivity contribution in [2.45, 2.75) is 6.92 Å². The van der Waals surface area contributed by atoms with Crippen LogP contribution in [0.2, 0.25) is 0 Å². The van der Waals surface area contributed by atoms with Gasteiger partial charge in [0.05, 0.1) is 5.69 Å². The normalized spacial score (nSPS) is 10.2. The predicted octanol–water partition coefficient (Wildman–Crippen LogP) is 3.59. The van der Waals surface area contributed by atoms with E-state index in [1.807, 2.05) is 55.5 Å². The lowest BCUT2D eigenvalue weighted by atomic mass is 10.2. The van der Waals surface area contributed by atoms with Gasteiger partial charge in [0.1, 0.15) is 11.6 Å². The van der Waals surface area contributed by atoms with E-state index < -0.39 is 0 Å². The lowest BCUT2D eigenvalue weighted by molar-refractivity contribution is 1.06. The summed E-state index contributed by atoms with van der Waals surface area (Å²) in [5.74, 6) is 1.52. The second-order valence-electron chi connectivity index (χ2n) is 4.41. The standard InChI is InChI=1S/C16H14N4/c1-12-18-15(13-7-9-17-10-8-13)11-16(19-12)20-14-5-3-2-4-6-14/h2-11H,1H3,(H,18,19,20). The molecule has 0 saturated heterocycles. The van der Waals surface area contributed by atoms with Gasteiger partial charge in [-0.25, -0.2) is 9.97 Å². The highest BCUT2D eigenvalue weighted by Gasteiger charge is 2.04. The van der Waals surface area contributed by atoms with Crippen molar-refractivity contribution in [1.82, 2.24) is 15.0 Å². The molecule has 98 valence electrons. The van der Waals surface area contributed by atoms with Crippen LogP contribution in [0.4, 0.5) is 11.5 Å². The molecule has 0 amide bonds. The molecule has 0 fully saturated rings. The molecule has 0 radical (unpaired) electrons. The van der Waals surface area contributed by atoms with Gasteiger partial charge in [0.25, 0.3) is 0 Å². The molecule has 0 atom stereocenters. The van der Waals surface area contributed by atoms with Crippen LogP contribution in [0, 0.1) is 6.92 Å². The first-order valence-electron chi connectivity index (χ1n) is 6.39. The number of para-hydroxylation sites is 1. The fraction of sp³-hybridized carbons (Fsp3) is 0.0625. The number of nitrogens with one attached hydrogen (secondary N) is 1. The van der Waals surface area contributed by atoms with Crippen LogP contribution in [0.15, 0.2) is 60.9 Å². The molecule has 4 heteroatoms. The van der Waals surface area contributed by atoms with Gasteiger partial charge < -0.3 is 5.32 Å². The van der Waals surface area contributed by atoms with Crippen LogP contribution in [0.5, 0.6) is 0 Å². The van der Waals surface area contributed by atoms with Crippen LogP contribution in [0.3, 0.4) is 0 Å². The first-order valence-corrected chi connectivity index (χ1v) is 6.39. The number of rotatable bonds is 3. The van der Waals surface area contributed by atoms with Crippen LogP contribution in [-0.2, 0) is 0 Å². The summed E-state index contributed by atoms with van der Waals surface area (Å²) in [7, 11) is 0. The Bertz CT molecular complexity index is 696. The highest BCUT2D eigenvalue weighted by Crippen LogP contribution is 2.21. The minimum Gasteiger partial charge on any atom is -0.340 e. The van der Waals surface area contributed by atoms with Gasteiger partial charge in [0, 0.05) is 29.7 Å². The number of aromatic nitrogens is 3. The predicted molar refractivity (Wildman–Crippen MR) is 79.7 cm³/mol. The van der Waals surface area contributed by atoms with Gasteiger partial charge in [-0.05, 0) is 31.2 Å². The average Bonchev–Trinajstić information content (AvgIpc) is 2.49. The van der Waals surface area contributed by atoms with E-state index in [1.54, 1.807) is 12.4 Å².